The van der Waals surface area contributed by atoms with Gasteiger partial charge in [0.25, 0.3) is 11.3 Å². The van der Waals surface area contributed by atoms with Crippen molar-refractivity contribution in [1.82, 2.24) is 24.1 Å². The molecule has 1 aromatic carbocycles. The highest BCUT2D eigenvalue weighted by Crippen LogP contribution is 2.18. The number of para-hydroxylation sites is 1. The molecule has 24 heavy (non-hydrogen) atoms. The number of methoxy groups -OCH3 is 1. The molecule has 120 valence electrons. The maximum absolute atomic E-state index is 12.8. The summed E-state index contributed by atoms with van der Waals surface area (Å²) in [6.07, 6.45) is 3.31. The van der Waals surface area contributed by atoms with Crippen molar-refractivity contribution in [3.05, 3.63) is 64.5 Å². The van der Waals surface area contributed by atoms with Crippen LogP contribution in [0.3, 0.4) is 0 Å². The Balaban J connectivity index is 1.87. The summed E-state index contributed by atoms with van der Waals surface area (Å²) >= 11 is 0. The first kappa shape index (κ1) is 14.4. The van der Waals surface area contributed by atoms with Crippen LogP contribution < -0.4 is 10.3 Å². The molecule has 0 bridgehead atoms. The van der Waals surface area contributed by atoms with E-state index >= 15 is 0 Å². The van der Waals surface area contributed by atoms with Crippen LogP contribution in [0, 0.1) is 6.92 Å². The summed E-state index contributed by atoms with van der Waals surface area (Å²) in [4.78, 5) is 21.2. The minimum absolute atomic E-state index is 0.124. The van der Waals surface area contributed by atoms with E-state index in [-0.39, 0.29) is 5.56 Å². The van der Waals surface area contributed by atoms with Gasteiger partial charge in [0, 0.05) is 18.0 Å². The quantitative estimate of drug-likeness (QED) is 0.575. The summed E-state index contributed by atoms with van der Waals surface area (Å²) in [6.45, 7) is 2.22. The van der Waals surface area contributed by atoms with E-state index in [0.29, 0.717) is 29.0 Å². The van der Waals surface area contributed by atoms with Crippen LogP contribution in [-0.2, 0) is 6.54 Å². The fourth-order valence-electron chi connectivity index (χ4n) is 2.80. The Morgan fingerprint density at radius 2 is 2.04 bits per heavy atom. The van der Waals surface area contributed by atoms with E-state index in [0.717, 1.165) is 11.3 Å². The van der Waals surface area contributed by atoms with Crippen molar-refractivity contribution in [3.63, 3.8) is 0 Å². The number of nitrogens with zero attached hydrogens (tertiary/aromatic N) is 5. The van der Waals surface area contributed by atoms with Gasteiger partial charge < -0.3 is 9.30 Å². The second-order valence-electron chi connectivity index (χ2n) is 5.49. The Bertz CT molecular complexity index is 1110. The van der Waals surface area contributed by atoms with Crippen molar-refractivity contribution in [3.8, 4) is 5.75 Å². The van der Waals surface area contributed by atoms with E-state index in [1.807, 2.05) is 30.3 Å². The highest BCUT2D eigenvalue weighted by Gasteiger charge is 2.11. The summed E-state index contributed by atoms with van der Waals surface area (Å²) in [7, 11) is 1.62. The fourth-order valence-corrected chi connectivity index (χ4v) is 2.80. The van der Waals surface area contributed by atoms with Crippen molar-refractivity contribution >= 4 is 16.7 Å². The van der Waals surface area contributed by atoms with Crippen LogP contribution in [0.2, 0.25) is 0 Å². The highest BCUT2D eigenvalue weighted by molar-refractivity contribution is 5.78. The fraction of sp³-hybridized carbons (Fsp3) is 0.176. The van der Waals surface area contributed by atoms with Gasteiger partial charge in [-0.05, 0) is 19.1 Å². The lowest BCUT2D eigenvalue weighted by Gasteiger charge is -2.11. The molecule has 4 rings (SSSR count). The molecule has 7 heteroatoms. The van der Waals surface area contributed by atoms with Gasteiger partial charge in [0.1, 0.15) is 11.6 Å². The van der Waals surface area contributed by atoms with Gasteiger partial charge in [-0.15, -0.1) is 5.10 Å². The average Bonchev–Trinajstić information content (AvgIpc) is 2.98. The third-order valence-electron chi connectivity index (χ3n) is 3.95. The van der Waals surface area contributed by atoms with Crippen molar-refractivity contribution < 1.29 is 4.74 Å². The smallest absolute Gasteiger partial charge is 0.261 e. The number of benzene rings is 1. The number of aryl methyl sites for hydroxylation is 1. The van der Waals surface area contributed by atoms with Gasteiger partial charge in [-0.1, -0.05) is 18.2 Å². The first-order chi connectivity index (χ1) is 11.7. The molecule has 0 saturated heterocycles. The zero-order valence-electron chi connectivity index (χ0n) is 13.3. The summed E-state index contributed by atoms with van der Waals surface area (Å²) < 4.78 is 8.59. The van der Waals surface area contributed by atoms with Crippen molar-refractivity contribution in [2.24, 2.45) is 0 Å². The maximum Gasteiger partial charge on any atom is 0.261 e. The van der Waals surface area contributed by atoms with E-state index in [1.54, 1.807) is 35.5 Å². The minimum Gasteiger partial charge on any atom is -0.496 e. The molecular weight excluding hydrogens is 306 g/mol. The number of hydrogen-bond donors (Lipinski definition) is 0. The summed E-state index contributed by atoms with van der Waals surface area (Å²) in [5, 5.41) is 4.80. The summed E-state index contributed by atoms with van der Waals surface area (Å²) in [5.41, 5.74) is 1.51. The number of ether oxygens (including phenoxy) is 1. The number of rotatable bonds is 3. The standard InChI is InChI=1S/C17H15N5O2/c1-11-19-17-18-9-13-14(22(17)20-11)7-8-21(16(13)23)10-12-5-3-4-6-15(12)24-2/h3-9H,10H2,1-2H3. The topological polar surface area (TPSA) is 74.3 Å². The van der Waals surface area contributed by atoms with Gasteiger partial charge in [-0.25, -0.2) is 4.98 Å². The lowest BCUT2D eigenvalue weighted by molar-refractivity contribution is 0.408. The Kier molecular flexibility index (Phi) is 3.26. The van der Waals surface area contributed by atoms with Crippen LogP contribution >= 0.6 is 0 Å². The van der Waals surface area contributed by atoms with Gasteiger partial charge in [-0.3, -0.25) is 4.79 Å². The second-order valence-corrected chi connectivity index (χ2v) is 5.49. The van der Waals surface area contributed by atoms with Crippen molar-refractivity contribution in [2.45, 2.75) is 13.5 Å². The molecule has 0 amide bonds. The minimum atomic E-state index is -0.124. The molecular formula is C17H15N5O2. The van der Waals surface area contributed by atoms with Crippen LogP contribution in [-0.4, -0.2) is 31.3 Å². The van der Waals surface area contributed by atoms with Gasteiger partial charge >= 0.3 is 0 Å². The van der Waals surface area contributed by atoms with E-state index in [2.05, 4.69) is 15.1 Å². The Labute approximate surface area is 137 Å². The lowest BCUT2D eigenvalue weighted by atomic mass is 10.2. The molecule has 0 aliphatic carbocycles. The van der Waals surface area contributed by atoms with Crippen LogP contribution in [0.4, 0.5) is 0 Å². The first-order valence-electron chi connectivity index (χ1n) is 7.51. The second kappa shape index (κ2) is 5.45. The predicted molar refractivity (Wildman–Crippen MR) is 89.4 cm³/mol. The predicted octanol–water partition coefficient (Wildman–Crippen LogP) is 1.80. The molecule has 0 aliphatic heterocycles. The van der Waals surface area contributed by atoms with Gasteiger partial charge in [0.2, 0.25) is 0 Å². The van der Waals surface area contributed by atoms with E-state index < -0.39 is 0 Å². The van der Waals surface area contributed by atoms with Crippen LogP contribution in [0.25, 0.3) is 16.7 Å². The number of pyridine rings is 1. The summed E-state index contributed by atoms with van der Waals surface area (Å²) in [5.74, 6) is 1.86. The van der Waals surface area contributed by atoms with Crippen molar-refractivity contribution in [1.29, 1.82) is 0 Å². The average molecular weight is 321 g/mol. The molecule has 0 fully saturated rings. The zero-order valence-corrected chi connectivity index (χ0v) is 13.3. The number of hydrogen-bond acceptors (Lipinski definition) is 5. The van der Waals surface area contributed by atoms with Gasteiger partial charge in [-0.2, -0.15) is 9.50 Å². The Hall–Kier alpha value is -3.22. The molecule has 0 spiro atoms. The molecule has 0 radical (unpaired) electrons. The molecule has 3 heterocycles. The van der Waals surface area contributed by atoms with Crippen LogP contribution in [0.5, 0.6) is 5.75 Å². The highest BCUT2D eigenvalue weighted by atomic mass is 16.5. The molecule has 7 nitrogen and oxygen atoms in total. The molecule has 0 saturated carbocycles. The third kappa shape index (κ3) is 2.21. The number of fused-ring (bicyclic) bond motifs is 3. The molecule has 0 unspecified atom stereocenters. The monoisotopic (exact) mass is 321 g/mol. The van der Waals surface area contributed by atoms with Crippen LogP contribution in [0.1, 0.15) is 11.4 Å². The van der Waals surface area contributed by atoms with E-state index in [1.165, 1.54) is 0 Å². The normalized spacial score (nSPS) is 11.2. The molecule has 3 aromatic heterocycles. The lowest BCUT2D eigenvalue weighted by Crippen LogP contribution is -2.21. The maximum atomic E-state index is 12.8. The zero-order chi connectivity index (χ0) is 16.7. The molecule has 0 atom stereocenters. The number of aromatic nitrogens is 5. The SMILES string of the molecule is COc1ccccc1Cn1ccc2c(cnc3nc(C)nn32)c1=O. The molecule has 0 aliphatic rings. The first-order valence-corrected chi connectivity index (χ1v) is 7.51. The Morgan fingerprint density at radius 3 is 2.88 bits per heavy atom. The molecule has 4 aromatic rings. The van der Waals surface area contributed by atoms with Gasteiger partial charge in [0.05, 0.1) is 24.6 Å². The molecule has 0 N–H and O–H groups in total. The Morgan fingerprint density at radius 1 is 1.21 bits per heavy atom. The van der Waals surface area contributed by atoms with Crippen molar-refractivity contribution in [2.75, 3.05) is 7.11 Å². The van der Waals surface area contributed by atoms with E-state index in [4.69, 9.17) is 4.74 Å². The summed E-state index contributed by atoms with van der Waals surface area (Å²) in [6, 6.07) is 9.50. The van der Waals surface area contributed by atoms with E-state index in [9.17, 15) is 4.79 Å². The largest absolute Gasteiger partial charge is 0.496 e. The third-order valence-corrected chi connectivity index (χ3v) is 3.95. The van der Waals surface area contributed by atoms with Crippen LogP contribution in [0.15, 0.2) is 47.5 Å². The van der Waals surface area contributed by atoms with Gasteiger partial charge in [0.15, 0.2) is 0 Å².